The van der Waals surface area contributed by atoms with Crippen molar-refractivity contribution < 1.29 is 19.1 Å². The van der Waals surface area contributed by atoms with Gasteiger partial charge in [-0.05, 0) is 61.2 Å². The van der Waals surface area contributed by atoms with Crippen molar-refractivity contribution in [2.45, 2.75) is 12.8 Å². The largest absolute Gasteiger partial charge is 0.493 e. The Hall–Kier alpha value is -2.73. The van der Waals surface area contributed by atoms with Crippen molar-refractivity contribution in [3.8, 4) is 11.5 Å². The van der Waals surface area contributed by atoms with E-state index in [1.54, 1.807) is 56.7 Å². The fourth-order valence-electron chi connectivity index (χ4n) is 3.43. The number of benzene rings is 2. The van der Waals surface area contributed by atoms with Gasteiger partial charge in [-0.1, -0.05) is 11.6 Å². The van der Waals surface area contributed by atoms with Gasteiger partial charge in [-0.15, -0.1) is 0 Å². The molecule has 154 valence electrons. The molecule has 1 aliphatic heterocycles. The molecule has 0 aromatic heterocycles. The van der Waals surface area contributed by atoms with Gasteiger partial charge < -0.3 is 19.7 Å². The van der Waals surface area contributed by atoms with Crippen molar-refractivity contribution in [2.75, 3.05) is 33.9 Å². The number of hydrogen-bond donors (Lipinski definition) is 1. The second-order valence-electron chi connectivity index (χ2n) is 7.02. The van der Waals surface area contributed by atoms with E-state index in [2.05, 4.69) is 5.32 Å². The zero-order chi connectivity index (χ0) is 20.8. The molecule has 6 nitrogen and oxygen atoms in total. The first-order chi connectivity index (χ1) is 14.0. The van der Waals surface area contributed by atoms with Crippen LogP contribution in [0.5, 0.6) is 11.5 Å². The Labute approximate surface area is 175 Å². The summed E-state index contributed by atoms with van der Waals surface area (Å²) in [6.07, 6.45) is 1.69. The Morgan fingerprint density at radius 1 is 1.00 bits per heavy atom. The van der Waals surface area contributed by atoms with Gasteiger partial charge in [-0.2, -0.15) is 0 Å². The van der Waals surface area contributed by atoms with Crippen LogP contribution in [0.2, 0.25) is 5.02 Å². The molecule has 1 saturated heterocycles. The summed E-state index contributed by atoms with van der Waals surface area (Å²) in [5.74, 6) is 1.36. The average molecular weight is 417 g/mol. The van der Waals surface area contributed by atoms with Gasteiger partial charge in [0, 0.05) is 35.8 Å². The summed E-state index contributed by atoms with van der Waals surface area (Å²) in [5, 5.41) is 3.58. The molecule has 1 N–H and O–H groups in total. The lowest BCUT2D eigenvalue weighted by Crippen LogP contribution is -2.41. The molecule has 0 aliphatic carbocycles. The fourth-order valence-corrected chi connectivity index (χ4v) is 3.56. The van der Waals surface area contributed by atoms with E-state index in [4.69, 9.17) is 21.1 Å². The van der Waals surface area contributed by atoms with Gasteiger partial charge in [0.25, 0.3) is 11.8 Å². The Morgan fingerprint density at radius 3 is 2.24 bits per heavy atom. The summed E-state index contributed by atoms with van der Waals surface area (Å²) in [5.41, 5.74) is 1.17. The van der Waals surface area contributed by atoms with Gasteiger partial charge in [0.2, 0.25) is 0 Å². The van der Waals surface area contributed by atoms with E-state index in [0.29, 0.717) is 53.2 Å². The number of halogens is 1. The number of ether oxygens (including phenoxy) is 2. The molecular weight excluding hydrogens is 392 g/mol. The number of carbonyl (C=O) groups is 2. The van der Waals surface area contributed by atoms with Crippen molar-refractivity contribution in [2.24, 2.45) is 5.92 Å². The predicted octanol–water partition coefficient (Wildman–Crippen LogP) is 3.64. The van der Waals surface area contributed by atoms with Crippen molar-refractivity contribution in [1.82, 2.24) is 10.2 Å². The predicted molar refractivity (Wildman–Crippen MR) is 112 cm³/mol. The number of hydrogen-bond acceptors (Lipinski definition) is 4. The molecule has 29 heavy (non-hydrogen) atoms. The van der Waals surface area contributed by atoms with Gasteiger partial charge in [-0.3, -0.25) is 9.59 Å². The van der Waals surface area contributed by atoms with Crippen molar-refractivity contribution in [3.63, 3.8) is 0 Å². The van der Waals surface area contributed by atoms with Crippen LogP contribution in [0.1, 0.15) is 33.6 Å². The lowest BCUT2D eigenvalue weighted by molar-refractivity contribution is 0.0684. The molecule has 1 heterocycles. The molecule has 2 aromatic carbocycles. The average Bonchev–Trinajstić information content (AvgIpc) is 2.77. The van der Waals surface area contributed by atoms with E-state index in [1.807, 2.05) is 4.90 Å². The molecule has 2 aromatic rings. The second-order valence-corrected chi connectivity index (χ2v) is 7.46. The number of nitrogens with one attached hydrogen (secondary N) is 1. The standard InChI is InChI=1S/C22H25ClN2O4/c1-28-19-8-5-17(13-20(19)29-2)22(27)25-11-9-15(10-12-25)14-24-21(26)16-3-6-18(23)7-4-16/h3-8,13,15H,9-12,14H2,1-2H3,(H,24,26). The maximum atomic E-state index is 12.8. The van der Waals surface area contributed by atoms with Crippen LogP contribution in [0.25, 0.3) is 0 Å². The highest BCUT2D eigenvalue weighted by atomic mass is 35.5. The zero-order valence-electron chi connectivity index (χ0n) is 16.6. The topological polar surface area (TPSA) is 67.9 Å². The summed E-state index contributed by atoms with van der Waals surface area (Å²) >= 11 is 5.85. The smallest absolute Gasteiger partial charge is 0.253 e. The summed E-state index contributed by atoms with van der Waals surface area (Å²) < 4.78 is 10.5. The first kappa shape index (κ1) is 21.0. The third-order valence-electron chi connectivity index (χ3n) is 5.19. The van der Waals surface area contributed by atoms with Crippen LogP contribution in [0.4, 0.5) is 0 Å². The lowest BCUT2D eigenvalue weighted by Gasteiger charge is -2.32. The molecule has 0 unspecified atom stereocenters. The molecule has 7 heteroatoms. The van der Waals surface area contributed by atoms with E-state index in [1.165, 1.54) is 0 Å². The van der Waals surface area contributed by atoms with Gasteiger partial charge >= 0.3 is 0 Å². The van der Waals surface area contributed by atoms with Gasteiger partial charge in [-0.25, -0.2) is 0 Å². The summed E-state index contributed by atoms with van der Waals surface area (Å²) in [6.45, 7) is 1.92. The van der Waals surface area contributed by atoms with Crippen molar-refractivity contribution >= 4 is 23.4 Å². The van der Waals surface area contributed by atoms with Crippen LogP contribution >= 0.6 is 11.6 Å². The third kappa shape index (κ3) is 5.21. The minimum atomic E-state index is -0.106. The second kappa shape index (κ2) is 9.65. The van der Waals surface area contributed by atoms with E-state index in [-0.39, 0.29) is 11.8 Å². The molecule has 0 atom stereocenters. The quantitative estimate of drug-likeness (QED) is 0.780. The Bertz CT molecular complexity index is 862. The fraction of sp³-hybridized carbons (Fsp3) is 0.364. The summed E-state index contributed by atoms with van der Waals surface area (Å²) in [4.78, 5) is 26.9. The van der Waals surface area contributed by atoms with Crippen LogP contribution in [0.3, 0.4) is 0 Å². The maximum Gasteiger partial charge on any atom is 0.253 e. The first-order valence-electron chi connectivity index (χ1n) is 9.57. The van der Waals surface area contributed by atoms with E-state index >= 15 is 0 Å². The first-order valence-corrected chi connectivity index (χ1v) is 9.94. The highest BCUT2D eigenvalue weighted by molar-refractivity contribution is 6.30. The van der Waals surface area contributed by atoms with Crippen LogP contribution in [-0.4, -0.2) is 50.6 Å². The monoisotopic (exact) mass is 416 g/mol. The number of amides is 2. The van der Waals surface area contributed by atoms with Crippen LogP contribution in [-0.2, 0) is 0 Å². The van der Waals surface area contributed by atoms with Crippen molar-refractivity contribution in [3.05, 3.63) is 58.6 Å². The normalized spacial score (nSPS) is 14.4. The third-order valence-corrected chi connectivity index (χ3v) is 5.44. The molecular formula is C22H25ClN2O4. The number of methoxy groups -OCH3 is 2. The molecule has 1 aliphatic rings. The van der Waals surface area contributed by atoms with Gasteiger partial charge in [0.1, 0.15) is 0 Å². The molecule has 2 amide bonds. The van der Waals surface area contributed by atoms with Crippen LogP contribution < -0.4 is 14.8 Å². The number of carbonyl (C=O) groups excluding carboxylic acids is 2. The number of nitrogens with zero attached hydrogens (tertiary/aromatic N) is 1. The Kier molecular flexibility index (Phi) is 6.99. The van der Waals surface area contributed by atoms with E-state index in [0.717, 1.165) is 12.8 Å². The lowest BCUT2D eigenvalue weighted by atomic mass is 9.96. The Balaban J connectivity index is 1.50. The molecule has 0 bridgehead atoms. The SMILES string of the molecule is COc1ccc(C(=O)N2CCC(CNC(=O)c3ccc(Cl)cc3)CC2)cc1OC. The molecule has 0 spiro atoms. The minimum absolute atomic E-state index is 0.0189. The van der Waals surface area contributed by atoms with Gasteiger partial charge in [0.05, 0.1) is 14.2 Å². The van der Waals surface area contributed by atoms with Crippen LogP contribution in [0, 0.1) is 5.92 Å². The molecule has 1 fully saturated rings. The molecule has 0 radical (unpaired) electrons. The molecule has 0 saturated carbocycles. The highest BCUT2D eigenvalue weighted by Gasteiger charge is 2.24. The Morgan fingerprint density at radius 2 is 1.62 bits per heavy atom. The number of likely N-dealkylation sites (tertiary alicyclic amines) is 1. The van der Waals surface area contributed by atoms with Gasteiger partial charge in [0.15, 0.2) is 11.5 Å². The summed E-state index contributed by atoms with van der Waals surface area (Å²) in [6, 6.07) is 12.0. The van der Waals surface area contributed by atoms with Crippen molar-refractivity contribution in [1.29, 1.82) is 0 Å². The molecule has 3 rings (SSSR count). The van der Waals surface area contributed by atoms with E-state index < -0.39 is 0 Å². The number of piperidine rings is 1. The maximum absolute atomic E-state index is 12.8. The van der Waals surface area contributed by atoms with Crippen LogP contribution in [0.15, 0.2) is 42.5 Å². The minimum Gasteiger partial charge on any atom is -0.493 e. The zero-order valence-corrected chi connectivity index (χ0v) is 17.4. The highest BCUT2D eigenvalue weighted by Crippen LogP contribution is 2.28. The summed E-state index contributed by atoms with van der Waals surface area (Å²) in [7, 11) is 3.12. The van der Waals surface area contributed by atoms with E-state index in [9.17, 15) is 9.59 Å². The number of rotatable bonds is 6.